The molecule has 3 nitrogen and oxygen atoms in total. The van der Waals surface area contributed by atoms with E-state index in [9.17, 15) is 9.59 Å². The van der Waals surface area contributed by atoms with Gasteiger partial charge in [-0.2, -0.15) is 0 Å². The van der Waals surface area contributed by atoms with E-state index in [1.54, 1.807) is 16.2 Å². The van der Waals surface area contributed by atoms with Crippen LogP contribution in [0.4, 0.5) is 5.69 Å². The molecule has 0 spiro atoms. The summed E-state index contributed by atoms with van der Waals surface area (Å²) in [7, 11) is 0. The van der Waals surface area contributed by atoms with Gasteiger partial charge in [0.2, 0.25) is 5.91 Å². The molecule has 0 saturated heterocycles. The van der Waals surface area contributed by atoms with E-state index in [1.165, 1.54) is 11.3 Å². The maximum absolute atomic E-state index is 12.5. The van der Waals surface area contributed by atoms with E-state index in [-0.39, 0.29) is 24.2 Å². The van der Waals surface area contributed by atoms with Crippen LogP contribution >= 0.6 is 11.3 Å². The number of hydrogen-bond acceptors (Lipinski definition) is 3. The van der Waals surface area contributed by atoms with Crippen LogP contribution in [0.2, 0.25) is 0 Å². The van der Waals surface area contributed by atoms with E-state index in [1.807, 2.05) is 11.4 Å². The zero-order chi connectivity index (χ0) is 13.9. The van der Waals surface area contributed by atoms with Crippen LogP contribution in [0.1, 0.15) is 49.8 Å². The first-order valence-corrected chi connectivity index (χ1v) is 8.53. The van der Waals surface area contributed by atoms with Gasteiger partial charge in [-0.25, -0.2) is 0 Å². The van der Waals surface area contributed by atoms with Gasteiger partial charge in [-0.15, -0.1) is 11.3 Å². The lowest BCUT2D eigenvalue weighted by atomic mass is 9.86. The summed E-state index contributed by atoms with van der Waals surface area (Å²) in [5.74, 6) is 0.560. The first kappa shape index (κ1) is 13.8. The number of rotatable bonds is 3. The highest BCUT2D eigenvalue weighted by molar-refractivity contribution is 7.10. The van der Waals surface area contributed by atoms with Crippen molar-refractivity contribution >= 4 is 28.7 Å². The Hall–Kier alpha value is -1.16. The van der Waals surface area contributed by atoms with Crippen molar-refractivity contribution in [1.82, 2.24) is 0 Å². The van der Waals surface area contributed by atoms with E-state index in [0.29, 0.717) is 6.42 Å². The van der Waals surface area contributed by atoms with E-state index in [4.69, 9.17) is 0 Å². The first-order valence-electron chi connectivity index (χ1n) is 7.65. The second kappa shape index (κ2) is 6.08. The molecular formula is C16H21NO2S. The molecule has 1 fully saturated rings. The number of ketones is 1. The summed E-state index contributed by atoms with van der Waals surface area (Å²) in [6.45, 7) is 0.285. The van der Waals surface area contributed by atoms with Crippen LogP contribution in [0, 0.1) is 5.92 Å². The molecule has 20 heavy (non-hydrogen) atoms. The summed E-state index contributed by atoms with van der Waals surface area (Å²) >= 11 is 1.70. The topological polar surface area (TPSA) is 37.4 Å². The van der Waals surface area contributed by atoms with Crippen molar-refractivity contribution in [2.45, 2.75) is 51.4 Å². The van der Waals surface area contributed by atoms with Gasteiger partial charge < -0.3 is 4.90 Å². The van der Waals surface area contributed by atoms with Gasteiger partial charge in [-0.1, -0.05) is 19.3 Å². The zero-order valence-electron chi connectivity index (χ0n) is 11.8. The molecule has 1 aliphatic carbocycles. The van der Waals surface area contributed by atoms with Crippen molar-refractivity contribution in [2.75, 3.05) is 11.4 Å². The number of carbonyl (C=O) groups is 2. The number of aryl methyl sites for hydroxylation is 1. The summed E-state index contributed by atoms with van der Waals surface area (Å²) < 4.78 is 0. The molecule has 0 aromatic carbocycles. The summed E-state index contributed by atoms with van der Waals surface area (Å²) in [5.41, 5.74) is 0.988. The highest BCUT2D eigenvalue weighted by Gasteiger charge is 2.28. The average molecular weight is 291 g/mol. The minimum absolute atomic E-state index is 0.117. The van der Waals surface area contributed by atoms with Crippen LogP contribution < -0.4 is 4.90 Å². The number of hydrogen-bond donors (Lipinski definition) is 0. The molecule has 2 aliphatic rings. The number of anilines is 1. The number of carbonyl (C=O) groups excluding carboxylic acids is 2. The fourth-order valence-electron chi connectivity index (χ4n) is 3.31. The number of thiophene rings is 1. The second-order valence-electron chi connectivity index (χ2n) is 5.86. The molecule has 0 unspecified atom stereocenters. The van der Waals surface area contributed by atoms with Crippen LogP contribution in [0.5, 0.6) is 0 Å². The summed E-state index contributed by atoms with van der Waals surface area (Å²) in [6.07, 6.45) is 8.03. The fraction of sp³-hybridized carbons (Fsp3) is 0.625. The quantitative estimate of drug-likeness (QED) is 0.854. The third kappa shape index (κ3) is 2.80. The van der Waals surface area contributed by atoms with E-state index < -0.39 is 0 Å². The SMILES string of the molecule is O=C(CN1C(=O)CCCc2sccc21)C1CCCCC1. The Bertz CT molecular complexity index is 502. The van der Waals surface area contributed by atoms with Gasteiger partial charge in [-0.3, -0.25) is 9.59 Å². The Morgan fingerprint density at radius 3 is 2.80 bits per heavy atom. The first-order chi connectivity index (χ1) is 9.75. The lowest BCUT2D eigenvalue weighted by Crippen LogP contribution is -2.38. The smallest absolute Gasteiger partial charge is 0.227 e. The normalized spacial score (nSPS) is 20.6. The Morgan fingerprint density at radius 1 is 1.20 bits per heavy atom. The Kier molecular flexibility index (Phi) is 4.20. The number of fused-ring (bicyclic) bond motifs is 1. The third-order valence-corrected chi connectivity index (χ3v) is 5.45. The minimum atomic E-state index is 0.117. The summed E-state index contributed by atoms with van der Waals surface area (Å²) in [5, 5.41) is 2.03. The minimum Gasteiger partial charge on any atom is -0.304 e. The standard InChI is InChI=1S/C16H21NO2S/c18-14(12-5-2-1-3-6-12)11-17-13-9-10-20-15(13)7-4-8-16(17)19/h9-10,12H,1-8,11H2. The molecule has 1 aromatic rings. The second-order valence-corrected chi connectivity index (χ2v) is 6.86. The van der Waals surface area contributed by atoms with Crippen molar-refractivity contribution in [3.05, 3.63) is 16.3 Å². The van der Waals surface area contributed by atoms with E-state index in [2.05, 4.69) is 0 Å². The zero-order valence-corrected chi connectivity index (χ0v) is 12.6. The molecule has 4 heteroatoms. The predicted octanol–water partition coefficient (Wildman–Crippen LogP) is 3.57. The molecule has 0 radical (unpaired) electrons. The van der Waals surface area contributed by atoms with Gasteiger partial charge in [0.25, 0.3) is 0 Å². The third-order valence-electron chi connectivity index (χ3n) is 4.48. The molecule has 1 aliphatic heterocycles. The molecular weight excluding hydrogens is 270 g/mol. The van der Waals surface area contributed by atoms with E-state index >= 15 is 0 Å². The molecule has 0 bridgehead atoms. The van der Waals surface area contributed by atoms with Gasteiger partial charge in [0.15, 0.2) is 5.78 Å². The molecule has 1 amide bonds. The average Bonchev–Trinajstić information content (AvgIpc) is 2.88. The number of amides is 1. The predicted molar refractivity (Wildman–Crippen MR) is 81.2 cm³/mol. The van der Waals surface area contributed by atoms with Gasteiger partial charge in [0, 0.05) is 17.2 Å². The van der Waals surface area contributed by atoms with Crippen molar-refractivity contribution in [3.8, 4) is 0 Å². The molecule has 3 rings (SSSR count). The van der Waals surface area contributed by atoms with Gasteiger partial charge >= 0.3 is 0 Å². The Labute approximate surface area is 124 Å². The highest BCUT2D eigenvalue weighted by Crippen LogP contribution is 2.32. The number of nitrogens with zero attached hydrogens (tertiary/aromatic N) is 1. The van der Waals surface area contributed by atoms with Crippen molar-refractivity contribution in [2.24, 2.45) is 5.92 Å². The van der Waals surface area contributed by atoms with Gasteiger partial charge in [0.1, 0.15) is 0 Å². The van der Waals surface area contributed by atoms with Crippen molar-refractivity contribution < 1.29 is 9.59 Å². The summed E-state index contributed by atoms with van der Waals surface area (Å²) in [6, 6.07) is 2.00. The molecule has 1 saturated carbocycles. The fourth-order valence-corrected chi connectivity index (χ4v) is 4.24. The van der Waals surface area contributed by atoms with E-state index in [0.717, 1.165) is 44.2 Å². The molecule has 0 atom stereocenters. The monoisotopic (exact) mass is 291 g/mol. The van der Waals surface area contributed by atoms with Crippen LogP contribution in [0.25, 0.3) is 0 Å². The lowest BCUT2D eigenvalue weighted by molar-refractivity contribution is -0.125. The van der Waals surface area contributed by atoms with Gasteiger partial charge in [0.05, 0.1) is 12.2 Å². The Morgan fingerprint density at radius 2 is 2.00 bits per heavy atom. The van der Waals surface area contributed by atoms with Crippen LogP contribution in [-0.2, 0) is 16.0 Å². The molecule has 108 valence electrons. The maximum Gasteiger partial charge on any atom is 0.227 e. The number of Topliss-reactive ketones (excluding diaryl/α,β-unsaturated/α-hetero) is 1. The van der Waals surface area contributed by atoms with Crippen LogP contribution in [-0.4, -0.2) is 18.2 Å². The summed E-state index contributed by atoms with van der Waals surface area (Å²) in [4.78, 5) is 27.7. The highest BCUT2D eigenvalue weighted by atomic mass is 32.1. The Balaban J connectivity index is 1.75. The van der Waals surface area contributed by atoms with Gasteiger partial charge in [-0.05, 0) is 37.1 Å². The van der Waals surface area contributed by atoms with Crippen molar-refractivity contribution in [1.29, 1.82) is 0 Å². The van der Waals surface area contributed by atoms with Crippen molar-refractivity contribution in [3.63, 3.8) is 0 Å². The molecule has 1 aromatic heterocycles. The largest absolute Gasteiger partial charge is 0.304 e. The van der Waals surface area contributed by atoms with Crippen LogP contribution in [0.3, 0.4) is 0 Å². The van der Waals surface area contributed by atoms with Crippen LogP contribution in [0.15, 0.2) is 11.4 Å². The lowest BCUT2D eigenvalue weighted by Gasteiger charge is -2.25. The maximum atomic E-state index is 12.5. The molecule has 2 heterocycles. The molecule has 0 N–H and O–H groups in total.